The maximum Gasteiger partial charge on any atom is 0.274 e. The van der Waals surface area contributed by atoms with Crippen molar-refractivity contribution in [3.05, 3.63) is 28.7 Å². The first-order valence-corrected chi connectivity index (χ1v) is 5.54. The molecular formula is C12H22N2O2. The van der Waals surface area contributed by atoms with Gasteiger partial charge in [-0.15, -0.1) is 0 Å². The maximum atomic E-state index is 11.3. The predicted molar refractivity (Wildman–Crippen MR) is 68.7 cm³/mol. The van der Waals surface area contributed by atoms with E-state index in [0.717, 1.165) is 0 Å². The number of carbonyl (C=O) groups is 1. The third-order valence-electron chi connectivity index (χ3n) is 1.43. The molecule has 1 aromatic rings. The highest BCUT2D eigenvalue weighted by Gasteiger charge is 2.00. The van der Waals surface area contributed by atoms with Crippen molar-refractivity contribution in [1.82, 2.24) is 4.57 Å². The summed E-state index contributed by atoms with van der Waals surface area (Å²) in [4.78, 5) is 21.9. The van der Waals surface area contributed by atoms with Crippen LogP contribution in [0.25, 0.3) is 0 Å². The molecule has 0 aliphatic rings. The summed E-state index contributed by atoms with van der Waals surface area (Å²) in [6.07, 6.45) is 1.63. The number of carbonyl (C=O) groups excluding carboxylic acids is 1. The molecule has 1 N–H and O–H groups in total. The van der Waals surface area contributed by atoms with Crippen LogP contribution in [0.3, 0.4) is 0 Å². The Kier molecular flexibility index (Phi) is 10.5. The highest BCUT2D eigenvalue weighted by molar-refractivity contribution is 5.88. The van der Waals surface area contributed by atoms with Gasteiger partial charge < -0.3 is 9.88 Å². The van der Waals surface area contributed by atoms with Gasteiger partial charge in [0, 0.05) is 20.2 Å². The average Bonchev–Trinajstić information content (AvgIpc) is 2.30. The van der Waals surface area contributed by atoms with Gasteiger partial charge in [0.1, 0.15) is 5.69 Å². The lowest BCUT2D eigenvalue weighted by molar-refractivity contribution is -0.114. The Morgan fingerprint density at radius 3 is 2.19 bits per heavy atom. The Morgan fingerprint density at radius 1 is 1.25 bits per heavy atom. The van der Waals surface area contributed by atoms with E-state index in [2.05, 4.69) is 5.32 Å². The van der Waals surface area contributed by atoms with Gasteiger partial charge in [-0.05, 0) is 12.1 Å². The molecule has 16 heavy (non-hydrogen) atoms. The molecule has 0 aliphatic heterocycles. The number of anilines is 1. The second kappa shape index (κ2) is 9.96. The highest BCUT2D eigenvalue weighted by atomic mass is 16.2. The number of amides is 1. The summed E-state index contributed by atoms with van der Waals surface area (Å²) in [5.41, 5.74) is 0.111. The number of rotatable bonds is 1. The minimum Gasteiger partial charge on any atom is -0.322 e. The molecule has 0 aromatic carbocycles. The van der Waals surface area contributed by atoms with Gasteiger partial charge in [0.05, 0.1) is 0 Å². The van der Waals surface area contributed by atoms with Gasteiger partial charge in [-0.1, -0.05) is 27.7 Å². The molecule has 1 rings (SSSR count). The fourth-order valence-corrected chi connectivity index (χ4v) is 0.882. The first kappa shape index (κ1) is 16.8. The van der Waals surface area contributed by atoms with Gasteiger partial charge in [0.25, 0.3) is 5.56 Å². The Labute approximate surface area is 97.3 Å². The van der Waals surface area contributed by atoms with Gasteiger partial charge in [-0.3, -0.25) is 9.59 Å². The highest BCUT2D eigenvalue weighted by Crippen LogP contribution is 1.96. The van der Waals surface area contributed by atoms with E-state index in [0.29, 0.717) is 5.69 Å². The maximum absolute atomic E-state index is 11.3. The number of pyridine rings is 1. The van der Waals surface area contributed by atoms with E-state index in [9.17, 15) is 9.59 Å². The summed E-state index contributed by atoms with van der Waals surface area (Å²) < 4.78 is 1.41. The van der Waals surface area contributed by atoms with Gasteiger partial charge in [-0.25, -0.2) is 0 Å². The largest absolute Gasteiger partial charge is 0.322 e. The normalized spacial score (nSPS) is 7.88. The van der Waals surface area contributed by atoms with Crippen LogP contribution < -0.4 is 10.9 Å². The van der Waals surface area contributed by atoms with Gasteiger partial charge in [-0.2, -0.15) is 0 Å². The molecule has 4 heteroatoms. The molecule has 0 atom stereocenters. The third-order valence-corrected chi connectivity index (χ3v) is 1.43. The SMILES string of the molecule is CC.CC.CC(=O)Nc1cccn(C)c1=O. The van der Waals surface area contributed by atoms with Crippen LogP contribution in [0, 0.1) is 0 Å². The Hall–Kier alpha value is -1.58. The van der Waals surface area contributed by atoms with Crippen molar-refractivity contribution in [2.24, 2.45) is 7.05 Å². The van der Waals surface area contributed by atoms with Crippen LogP contribution in [0.15, 0.2) is 23.1 Å². The molecule has 0 radical (unpaired) electrons. The van der Waals surface area contributed by atoms with Crippen LogP contribution in [0.2, 0.25) is 0 Å². The first-order chi connectivity index (χ1) is 7.61. The second-order valence-corrected chi connectivity index (χ2v) is 2.52. The molecule has 1 amide bonds. The van der Waals surface area contributed by atoms with Crippen LogP contribution in [0.4, 0.5) is 5.69 Å². The van der Waals surface area contributed by atoms with Crippen molar-refractivity contribution in [1.29, 1.82) is 0 Å². The van der Waals surface area contributed by atoms with Crippen molar-refractivity contribution in [3.63, 3.8) is 0 Å². The molecule has 0 saturated carbocycles. The monoisotopic (exact) mass is 226 g/mol. The van der Waals surface area contributed by atoms with Crippen LogP contribution in [-0.4, -0.2) is 10.5 Å². The van der Waals surface area contributed by atoms with Crippen molar-refractivity contribution in [2.75, 3.05) is 5.32 Å². The van der Waals surface area contributed by atoms with E-state index in [-0.39, 0.29) is 11.5 Å². The molecule has 0 unspecified atom stereocenters. The fraction of sp³-hybridized carbons (Fsp3) is 0.500. The number of hydrogen-bond donors (Lipinski definition) is 1. The van der Waals surface area contributed by atoms with Crippen LogP contribution in [-0.2, 0) is 11.8 Å². The van der Waals surface area contributed by atoms with E-state index < -0.39 is 0 Å². The zero-order valence-electron chi connectivity index (χ0n) is 11.0. The minimum absolute atomic E-state index is 0.201. The topological polar surface area (TPSA) is 51.1 Å². The van der Waals surface area contributed by atoms with Crippen LogP contribution in [0.1, 0.15) is 34.6 Å². The fourth-order valence-electron chi connectivity index (χ4n) is 0.882. The zero-order chi connectivity index (χ0) is 13.1. The number of nitrogens with one attached hydrogen (secondary N) is 1. The average molecular weight is 226 g/mol. The Balaban J connectivity index is 0. The van der Waals surface area contributed by atoms with E-state index in [1.54, 1.807) is 25.4 Å². The number of aromatic nitrogens is 1. The molecule has 4 nitrogen and oxygen atoms in total. The standard InChI is InChI=1S/C8H10N2O2.2C2H6/c1-6(11)9-7-4-3-5-10(2)8(7)12;2*1-2/h3-5H,1-2H3,(H,9,11);2*1-2H3. The number of nitrogens with zero attached hydrogens (tertiary/aromatic N) is 1. The van der Waals surface area contributed by atoms with E-state index in [1.807, 2.05) is 27.7 Å². The minimum atomic E-state index is -0.238. The quantitative estimate of drug-likeness (QED) is 0.799. The van der Waals surface area contributed by atoms with Crippen LogP contribution in [0.5, 0.6) is 0 Å². The van der Waals surface area contributed by atoms with E-state index >= 15 is 0 Å². The molecule has 0 spiro atoms. The van der Waals surface area contributed by atoms with E-state index in [1.165, 1.54) is 11.5 Å². The summed E-state index contributed by atoms with van der Waals surface area (Å²) >= 11 is 0. The Bertz CT molecular complexity index is 356. The van der Waals surface area contributed by atoms with Crippen molar-refractivity contribution >= 4 is 11.6 Å². The molecule has 0 aliphatic carbocycles. The molecular weight excluding hydrogens is 204 g/mol. The molecule has 92 valence electrons. The Morgan fingerprint density at radius 2 is 1.75 bits per heavy atom. The molecule has 0 fully saturated rings. The number of hydrogen-bond acceptors (Lipinski definition) is 2. The summed E-state index contributed by atoms with van der Waals surface area (Å²) in [5, 5.41) is 2.44. The van der Waals surface area contributed by atoms with Crippen LogP contribution >= 0.6 is 0 Å². The summed E-state index contributed by atoms with van der Waals surface area (Å²) in [7, 11) is 1.63. The molecule has 0 bridgehead atoms. The second-order valence-electron chi connectivity index (χ2n) is 2.52. The van der Waals surface area contributed by atoms with E-state index in [4.69, 9.17) is 0 Å². The molecule has 1 aromatic heterocycles. The first-order valence-electron chi connectivity index (χ1n) is 5.54. The summed E-state index contributed by atoms with van der Waals surface area (Å²) in [5.74, 6) is -0.238. The van der Waals surface area contributed by atoms with Gasteiger partial charge >= 0.3 is 0 Å². The smallest absolute Gasteiger partial charge is 0.274 e. The zero-order valence-corrected chi connectivity index (χ0v) is 11.0. The molecule has 1 heterocycles. The molecule has 0 saturated heterocycles. The van der Waals surface area contributed by atoms with Crippen molar-refractivity contribution in [2.45, 2.75) is 34.6 Å². The van der Waals surface area contributed by atoms with Gasteiger partial charge in [0.2, 0.25) is 5.91 Å². The third kappa shape index (κ3) is 6.01. The lowest BCUT2D eigenvalue weighted by atomic mass is 10.4. The van der Waals surface area contributed by atoms with Crippen molar-refractivity contribution in [3.8, 4) is 0 Å². The van der Waals surface area contributed by atoms with Crippen molar-refractivity contribution < 1.29 is 4.79 Å². The number of aryl methyl sites for hydroxylation is 1. The van der Waals surface area contributed by atoms with Gasteiger partial charge in [0.15, 0.2) is 0 Å². The predicted octanol–water partition coefficient (Wildman–Crippen LogP) is 2.40. The summed E-state index contributed by atoms with van der Waals surface area (Å²) in [6, 6.07) is 3.27. The summed E-state index contributed by atoms with van der Waals surface area (Å²) in [6.45, 7) is 9.37. The lowest BCUT2D eigenvalue weighted by Gasteiger charge is -2.02. The lowest BCUT2D eigenvalue weighted by Crippen LogP contribution is -2.21.